The van der Waals surface area contributed by atoms with Gasteiger partial charge < -0.3 is 4.74 Å². The Balaban J connectivity index is 1.53. The molecule has 0 radical (unpaired) electrons. The minimum atomic E-state index is -4.29. The maximum absolute atomic E-state index is 14.9. The van der Waals surface area contributed by atoms with Gasteiger partial charge in [-0.25, -0.2) is 26.3 Å². The molecule has 0 aliphatic heterocycles. The standard InChI is InChI=1S/C28H20F8O/c1-2-3-17-8-9-18-14-20(25(32)27(34)23(18)24(17)31)28(35,36)37-19-10-6-15(7-11-19)4-5-16-12-21(29)26(33)22(30)13-16/h6-14H,2-5H2,1H3. The van der Waals surface area contributed by atoms with Crippen molar-refractivity contribution in [2.45, 2.75) is 38.7 Å². The predicted octanol–water partition coefficient (Wildman–Crippen LogP) is 8.54. The monoisotopic (exact) mass is 524 g/mol. The molecule has 4 aromatic rings. The highest BCUT2D eigenvalue weighted by Crippen LogP contribution is 2.38. The number of aryl methyl sites for hydroxylation is 3. The van der Waals surface area contributed by atoms with E-state index in [1.807, 2.05) is 0 Å². The van der Waals surface area contributed by atoms with Crippen LogP contribution in [-0.2, 0) is 25.4 Å². The van der Waals surface area contributed by atoms with Crippen molar-refractivity contribution in [1.82, 2.24) is 0 Å². The Bertz CT molecular complexity index is 1420. The maximum atomic E-state index is 14.9. The van der Waals surface area contributed by atoms with Crippen molar-refractivity contribution in [2.24, 2.45) is 0 Å². The zero-order valence-electron chi connectivity index (χ0n) is 19.5. The molecular weight excluding hydrogens is 504 g/mol. The summed E-state index contributed by atoms with van der Waals surface area (Å²) in [6, 6.07) is 10.1. The molecule has 0 bridgehead atoms. The third-order valence-electron chi connectivity index (χ3n) is 5.95. The highest BCUT2D eigenvalue weighted by atomic mass is 19.3. The van der Waals surface area contributed by atoms with Gasteiger partial charge in [0, 0.05) is 0 Å². The van der Waals surface area contributed by atoms with E-state index in [1.54, 1.807) is 6.92 Å². The Morgan fingerprint density at radius 1 is 0.649 bits per heavy atom. The Hall–Kier alpha value is -3.62. The molecule has 0 heterocycles. The molecule has 9 heteroatoms. The lowest BCUT2D eigenvalue weighted by Gasteiger charge is -2.20. The van der Waals surface area contributed by atoms with Crippen molar-refractivity contribution in [1.29, 1.82) is 0 Å². The number of fused-ring (bicyclic) bond motifs is 1. The van der Waals surface area contributed by atoms with Gasteiger partial charge >= 0.3 is 6.11 Å². The smallest absolute Gasteiger partial charge is 0.429 e. The summed E-state index contributed by atoms with van der Waals surface area (Å²) in [6.07, 6.45) is -3.07. The number of ether oxygens (including phenoxy) is 1. The second kappa shape index (κ2) is 10.4. The molecule has 0 amide bonds. The van der Waals surface area contributed by atoms with Crippen molar-refractivity contribution < 1.29 is 39.9 Å². The third kappa shape index (κ3) is 5.40. The molecule has 0 unspecified atom stereocenters. The van der Waals surface area contributed by atoms with Crippen molar-refractivity contribution in [2.75, 3.05) is 0 Å². The number of halogens is 8. The summed E-state index contributed by atoms with van der Waals surface area (Å²) >= 11 is 0. The van der Waals surface area contributed by atoms with Gasteiger partial charge in [0.2, 0.25) is 0 Å². The summed E-state index contributed by atoms with van der Waals surface area (Å²) in [4.78, 5) is 0. The zero-order valence-corrected chi connectivity index (χ0v) is 19.5. The molecule has 4 aromatic carbocycles. The van der Waals surface area contributed by atoms with Gasteiger partial charge in [-0.2, -0.15) is 8.78 Å². The Labute approximate surface area is 207 Å². The fraction of sp³-hybridized carbons (Fsp3) is 0.214. The largest absolute Gasteiger partial charge is 0.429 e. The van der Waals surface area contributed by atoms with Crippen LogP contribution >= 0.6 is 0 Å². The lowest BCUT2D eigenvalue weighted by atomic mass is 9.99. The van der Waals surface area contributed by atoms with Crippen LogP contribution in [0.2, 0.25) is 0 Å². The van der Waals surface area contributed by atoms with Crippen LogP contribution in [0.15, 0.2) is 54.6 Å². The molecule has 0 aliphatic carbocycles. The van der Waals surface area contributed by atoms with E-state index < -0.39 is 52.0 Å². The van der Waals surface area contributed by atoms with E-state index >= 15 is 0 Å². The lowest BCUT2D eigenvalue weighted by molar-refractivity contribution is -0.187. The molecule has 1 nitrogen and oxygen atoms in total. The first-order valence-corrected chi connectivity index (χ1v) is 11.4. The number of hydrogen-bond donors (Lipinski definition) is 0. The van der Waals surface area contributed by atoms with Crippen molar-refractivity contribution in [3.8, 4) is 5.75 Å². The second-order valence-electron chi connectivity index (χ2n) is 8.58. The van der Waals surface area contributed by atoms with E-state index in [1.165, 1.54) is 36.4 Å². The molecule has 0 atom stereocenters. The molecule has 0 aromatic heterocycles. The van der Waals surface area contributed by atoms with Crippen LogP contribution in [-0.4, -0.2) is 0 Å². The van der Waals surface area contributed by atoms with Gasteiger partial charge in [-0.1, -0.05) is 37.6 Å². The van der Waals surface area contributed by atoms with Gasteiger partial charge in [0.15, 0.2) is 29.1 Å². The molecule has 0 N–H and O–H groups in total. The number of hydrogen-bond acceptors (Lipinski definition) is 1. The van der Waals surface area contributed by atoms with E-state index in [9.17, 15) is 35.1 Å². The van der Waals surface area contributed by atoms with Gasteiger partial charge in [-0.3, -0.25) is 0 Å². The maximum Gasteiger partial charge on any atom is 0.429 e. The van der Waals surface area contributed by atoms with Gasteiger partial charge in [-0.05, 0) is 71.7 Å². The first-order chi connectivity index (χ1) is 17.5. The fourth-order valence-electron chi connectivity index (χ4n) is 4.07. The van der Waals surface area contributed by atoms with Gasteiger partial charge in [-0.15, -0.1) is 0 Å². The normalized spacial score (nSPS) is 11.8. The lowest BCUT2D eigenvalue weighted by Crippen LogP contribution is -2.24. The van der Waals surface area contributed by atoms with Gasteiger partial charge in [0.05, 0.1) is 5.39 Å². The number of rotatable bonds is 8. The molecule has 4 rings (SSSR count). The van der Waals surface area contributed by atoms with E-state index in [-0.39, 0.29) is 41.5 Å². The Morgan fingerprint density at radius 2 is 1.27 bits per heavy atom. The third-order valence-corrected chi connectivity index (χ3v) is 5.95. The van der Waals surface area contributed by atoms with E-state index in [0.717, 1.165) is 12.1 Å². The average Bonchev–Trinajstić information content (AvgIpc) is 2.85. The topological polar surface area (TPSA) is 9.23 Å². The van der Waals surface area contributed by atoms with E-state index in [0.29, 0.717) is 18.1 Å². The molecule has 37 heavy (non-hydrogen) atoms. The molecule has 194 valence electrons. The Morgan fingerprint density at radius 3 is 1.89 bits per heavy atom. The highest BCUT2D eigenvalue weighted by Gasteiger charge is 2.40. The van der Waals surface area contributed by atoms with Crippen LogP contribution in [0.1, 0.15) is 35.6 Å². The summed E-state index contributed by atoms with van der Waals surface area (Å²) in [6.45, 7) is 1.78. The quantitative estimate of drug-likeness (QED) is 0.166. The van der Waals surface area contributed by atoms with Gasteiger partial charge in [0.1, 0.15) is 17.1 Å². The summed E-state index contributed by atoms with van der Waals surface area (Å²) in [5, 5.41) is -0.938. The van der Waals surface area contributed by atoms with Crippen LogP contribution in [0.25, 0.3) is 10.8 Å². The van der Waals surface area contributed by atoms with Crippen molar-refractivity contribution in [3.63, 3.8) is 0 Å². The zero-order chi connectivity index (χ0) is 26.9. The van der Waals surface area contributed by atoms with Crippen LogP contribution in [0.3, 0.4) is 0 Å². The van der Waals surface area contributed by atoms with Crippen molar-refractivity contribution >= 4 is 10.8 Å². The summed E-state index contributed by atoms with van der Waals surface area (Å²) < 4.78 is 118. The first kappa shape index (κ1) is 26.4. The molecule has 0 spiro atoms. The number of alkyl halides is 2. The molecular formula is C28H20F8O. The Kier molecular flexibility index (Phi) is 7.43. The average molecular weight is 524 g/mol. The summed E-state index contributed by atoms with van der Waals surface area (Å²) in [5.41, 5.74) is -0.444. The second-order valence-corrected chi connectivity index (χ2v) is 8.58. The van der Waals surface area contributed by atoms with Crippen molar-refractivity contribution in [3.05, 3.63) is 112 Å². The van der Waals surface area contributed by atoms with E-state index in [4.69, 9.17) is 0 Å². The summed E-state index contributed by atoms with van der Waals surface area (Å²) in [5.74, 6) is -9.20. The number of benzene rings is 4. The summed E-state index contributed by atoms with van der Waals surface area (Å²) in [7, 11) is 0. The predicted molar refractivity (Wildman–Crippen MR) is 123 cm³/mol. The van der Waals surface area contributed by atoms with Crippen LogP contribution in [0.4, 0.5) is 35.1 Å². The first-order valence-electron chi connectivity index (χ1n) is 11.4. The molecule has 0 saturated carbocycles. The molecule has 0 saturated heterocycles. The van der Waals surface area contributed by atoms with Gasteiger partial charge in [0.25, 0.3) is 0 Å². The van der Waals surface area contributed by atoms with Crippen LogP contribution in [0, 0.1) is 34.9 Å². The SMILES string of the molecule is CCCc1ccc2cc(C(F)(F)Oc3ccc(CCc4cc(F)c(F)c(F)c4)cc3)c(F)c(F)c2c1F. The molecule has 0 fully saturated rings. The molecule has 0 aliphatic rings. The fourth-order valence-corrected chi connectivity index (χ4v) is 4.07. The minimum absolute atomic E-state index is 0.141. The highest BCUT2D eigenvalue weighted by molar-refractivity contribution is 5.85. The minimum Gasteiger partial charge on any atom is -0.429 e. The van der Waals surface area contributed by atoms with Crippen LogP contribution in [0.5, 0.6) is 5.75 Å². The van der Waals surface area contributed by atoms with Crippen LogP contribution < -0.4 is 4.74 Å². The van der Waals surface area contributed by atoms with E-state index in [2.05, 4.69) is 4.74 Å².